The summed E-state index contributed by atoms with van der Waals surface area (Å²) in [5.41, 5.74) is 0.791. The molecule has 1 spiro atoms. The Kier molecular flexibility index (Phi) is 3.34. The smallest absolute Gasteiger partial charge is 0.207 e. The van der Waals surface area contributed by atoms with Gasteiger partial charge in [-0.15, -0.1) is 0 Å². The van der Waals surface area contributed by atoms with Crippen molar-refractivity contribution >= 4 is 6.41 Å². The summed E-state index contributed by atoms with van der Waals surface area (Å²) in [5, 5.41) is 2.80. The number of hydrogen-bond acceptors (Lipinski definition) is 1. The summed E-state index contributed by atoms with van der Waals surface area (Å²) < 4.78 is 0. The highest BCUT2D eigenvalue weighted by molar-refractivity contribution is 5.46. The third-order valence-corrected chi connectivity index (χ3v) is 3.24. The van der Waals surface area contributed by atoms with Gasteiger partial charge in [0.25, 0.3) is 0 Å². The van der Waals surface area contributed by atoms with Crippen LogP contribution in [0.2, 0.25) is 0 Å². The molecule has 13 heavy (non-hydrogen) atoms. The minimum Gasteiger partial charge on any atom is -0.356 e. The second-order valence-corrected chi connectivity index (χ2v) is 4.18. The summed E-state index contributed by atoms with van der Waals surface area (Å²) in [4.78, 5) is 10.1. The maximum Gasteiger partial charge on any atom is 0.207 e. The van der Waals surface area contributed by atoms with Crippen molar-refractivity contribution in [2.24, 2.45) is 11.3 Å². The fraction of sp³-hybridized carbons (Fsp3) is 0.909. The maximum atomic E-state index is 10.1. The van der Waals surface area contributed by atoms with E-state index in [1.54, 1.807) is 0 Å². The molecule has 76 valence electrons. The molecule has 0 aromatic heterocycles. The van der Waals surface area contributed by atoms with Gasteiger partial charge < -0.3 is 5.32 Å². The Hall–Kier alpha value is -0.530. The molecule has 2 rings (SSSR count). The number of nitrogens with one attached hydrogen (secondary N) is 1. The highest BCUT2D eigenvalue weighted by Gasteiger charge is 2.62. The summed E-state index contributed by atoms with van der Waals surface area (Å²) in [6.07, 6.45) is 6.33. The molecule has 0 aliphatic heterocycles. The van der Waals surface area contributed by atoms with Gasteiger partial charge in [-0.3, -0.25) is 4.79 Å². The molecule has 2 nitrogen and oxygen atoms in total. The Bertz CT molecular complexity index is 175. The van der Waals surface area contributed by atoms with Crippen molar-refractivity contribution in [3.63, 3.8) is 0 Å². The van der Waals surface area contributed by atoms with Gasteiger partial charge in [-0.2, -0.15) is 0 Å². The van der Waals surface area contributed by atoms with E-state index in [1.807, 2.05) is 13.8 Å². The lowest BCUT2D eigenvalue weighted by atomic mass is 10.1. The van der Waals surface area contributed by atoms with Crippen molar-refractivity contribution in [2.75, 3.05) is 0 Å². The summed E-state index contributed by atoms with van der Waals surface area (Å²) in [5.74, 6) is 0.935. The van der Waals surface area contributed by atoms with Gasteiger partial charge in [0.2, 0.25) is 6.41 Å². The molecule has 0 aromatic carbocycles. The highest BCUT2D eigenvalue weighted by atomic mass is 16.1. The van der Waals surface area contributed by atoms with Crippen molar-refractivity contribution in [1.29, 1.82) is 0 Å². The molecular weight excluding hydrogens is 162 g/mol. The van der Waals surface area contributed by atoms with Gasteiger partial charge in [0.05, 0.1) is 0 Å². The molecule has 0 heterocycles. The van der Waals surface area contributed by atoms with Gasteiger partial charge in [-0.25, -0.2) is 0 Å². The third-order valence-electron chi connectivity index (χ3n) is 3.24. The number of carbonyl (C=O) groups excluding carboxylic acids is 1. The molecule has 1 N–H and O–H groups in total. The van der Waals surface area contributed by atoms with E-state index in [2.05, 4.69) is 12.2 Å². The van der Waals surface area contributed by atoms with E-state index in [4.69, 9.17) is 0 Å². The van der Waals surface area contributed by atoms with Gasteiger partial charge in [0.15, 0.2) is 0 Å². The second kappa shape index (κ2) is 4.12. The van der Waals surface area contributed by atoms with Crippen LogP contribution in [0.25, 0.3) is 0 Å². The van der Waals surface area contributed by atoms with Crippen LogP contribution in [0.3, 0.4) is 0 Å². The largest absolute Gasteiger partial charge is 0.356 e. The molecule has 2 heteroatoms. The molecule has 2 aliphatic rings. The zero-order valence-electron chi connectivity index (χ0n) is 8.97. The summed E-state index contributed by atoms with van der Waals surface area (Å²) >= 11 is 0. The molecule has 2 unspecified atom stereocenters. The van der Waals surface area contributed by atoms with Crippen molar-refractivity contribution in [3.8, 4) is 0 Å². The van der Waals surface area contributed by atoms with Crippen LogP contribution >= 0.6 is 0 Å². The first-order valence-corrected chi connectivity index (χ1v) is 5.46. The predicted molar refractivity (Wildman–Crippen MR) is 54.4 cm³/mol. The number of hydrogen-bond donors (Lipinski definition) is 1. The number of rotatable bonds is 4. The minimum atomic E-state index is 0.387. The maximum absolute atomic E-state index is 10.1. The summed E-state index contributed by atoms with van der Waals surface area (Å²) in [7, 11) is 0. The van der Waals surface area contributed by atoms with Crippen LogP contribution in [0, 0.1) is 11.3 Å². The van der Waals surface area contributed by atoms with Crippen LogP contribution in [0.5, 0.6) is 0 Å². The Balaban J connectivity index is 0.000000396. The van der Waals surface area contributed by atoms with Gasteiger partial charge in [-0.05, 0) is 43.9 Å². The van der Waals surface area contributed by atoms with Crippen LogP contribution in [0.1, 0.15) is 46.5 Å². The molecule has 0 radical (unpaired) electrons. The Labute approximate surface area is 81.1 Å². The van der Waals surface area contributed by atoms with Crippen molar-refractivity contribution in [2.45, 2.75) is 52.5 Å². The van der Waals surface area contributed by atoms with E-state index in [-0.39, 0.29) is 0 Å². The molecule has 2 aliphatic carbocycles. The second-order valence-electron chi connectivity index (χ2n) is 4.18. The summed E-state index contributed by atoms with van der Waals surface area (Å²) in [6, 6.07) is 0.387. The summed E-state index contributed by atoms with van der Waals surface area (Å²) in [6.45, 7) is 6.09. The minimum absolute atomic E-state index is 0.387. The molecular formula is C11H21NO. The van der Waals surface area contributed by atoms with E-state index < -0.39 is 0 Å². The first-order chi connectivity index (χ1) is 6.27. The van der Waals surface area contributed by atoms with E-state index in [1.165, 1.54) is 25.7 Å². The number of carbonyl (C=O) groups is 1. The molecule has 2 saturated carbocycles. The van der Waals surface area contributed by atoms with Crippen LogP contribution in [-0.2, 0) is 4.79 Å². The Morgan fingerprint density at radius 1 is 1.54 bits per heavy atom. The van der Waals surface area contributed by atoms with E-state index in [9.17, 15) is 4.79 Å². The zero-order valence-corrected chi connectivity index (χ0v) is 8.97. The lowest BCUT2D eigenvalue weighted by Crippen LogP contribution is -2.24. The normalized spacial score (nSPS) is 28.4. The molecule has 2 atom stereocenters. The van der Waals surface area contributed by atoms with E-state index >= 15 is 0 Å². The van der Waals surface area contributed by atoms with Crippen LogP contribution < -0.4 is 5.32 Å². The topological polar surface area (TPSA) is 29.1 Å². The van der Waals surface area contributed by atoms with Gasteiger partial charge in [-0.1, -0.05) is 13.8 Å². The van der Waals surface area contributed by atoms with E-state index in [0.29, 0.717) is 6.04 Å². The van der Waals surface area contributed by atoms with Crippen molar-refractivity contribution in [3.05, 3.63) is 0 Å². The Morgan fingerprint density at radius 2 is 2.15 bits per heavy atom. The van der Waals surface area contributed by atoms with Gasteiger partial charge in [0.1, 0.15) is 0 Å². The molecule has 0 saturated heterocycles. The lowest BCUT2D eigenvalue weighted by molar-refractivity contribution is -0.110. The quantitative estimate of drug-likeness (QED) is 0.666. The van der Waals surface area contributed by atoms with Crippen molar-refractivity contribution < 1.29 is 4.79 Å². The highest BCUT2D eigenvalue weighted by Crippen LogP contribution is 2.71. The van der Waals surface area contributed by atoms with Gasteiger partial charge in [0, 0.05) is 6.04 Å². The zero-order chi connectivity index (χ0) is 9.90. The van der Waals surface area contributed by atoms with Crippen molar-refractivity contribution in [1.82, 2.24) is 5.32 Å². The average Bonchev–Trinajstić information content (AvgIpc) is 3.00. The average molecular weight is 183 g/mol. The van der Waals surface area contributed by atoms with E-state index in [0.717, 1.165) is 17.7 Å². The van der Waals surface area contributed by atoms with Gasteiger partial charge >= 0.3 is 0 Å². The standard InChI is InChI=1S/C9H15NO.C2H6/c1-7(10-6-11)4-8-5-9(8)2-3-9;1-2/h6-8H,2-5H2,1H3,(H,10,11);1-2H3. The third kappa shape index (κ3) is 2.45. The molecule has 2 fully saturated rings. The molecule has 0 bridgehead atoms. The number of amides is 1. The Morgan fingerprint density at radius 3 is 2.54 bits per heavy atom. The molecule has 1 amide bonds. The van der Waals surface area contributed by atoms with Crippen LogP contribution in [0.15, 0.2) is 0 Å². The van der Waals surface area contributed by atoms with Crippen LogP contribution in [0.4, 0.5) is 0 Å². The lowest BCUT2D eigenvalue weighted by Gasteiger charge is -2.08. The first kappa shape index (κ1) is 10.6. The first-order valence-electron chi connectivity index (χ1n) is 5.46. The fourth-order valence-corrected chi connectivity index (χ4v) is 2.15. The van der Waals surface area contributed by atoms with Crippen LogP contribution in [-0.4, -0.2) is 12.5 Å². The monoisotopic (exact) mass is 183 g/mol. The fourth-order valence-electron chi connectivity index (χ4n) is 2.15. The SMILES string of the molecule is CC.CC(CC1CC12CC2)NC=O. The predicted octanol–water partition coefficient (Wildman–Crippen LogP) is 2.34. The molecule has 0 aromatic rings.